The van der Waals surface area contributed by atoms with E-state index in [0.29, 0.717) is 29.0 Å². The Balaban J connectivity index is 1.73. The van der Waals surface area contributed by atoms with Crippen LogP contribution in [0.3, 0.4) is 0 Å². The molecule has 1 unspecified atom stereocenters. The number of rotatable bonds is 8. The summed E-state index contributed by atoms with van der Waals surface area (Å²) in [6, 6.07) is 8.49. The zero-order chi connectivity index (χ0) is 24.0. The number of hydrogen-bond donors (Lipinski definition) is 2. The highest BCUT2D eigenvalue weighted by Gasteiger charge is 2.64. The number of amides is 1. The Morgan fingerprint density at radius 2 is 1.82 bits per heavy atom. The first-order chi connectivity index (χ1) is 15.6. The van der Waals surface area contributed by atoms with E-state index in [-0.39, 0.29) is 30.2 Å². The van der Waals surface area contributed by atoms with Gasteiger partial charge in [-0.25, -0.2) is 0 Å². The molecular weight excluding hydrogens is 443 g/mol. The summed E-state index contributed by atoms with van der Waals surface area (Å²) in [6.07, 6.45) is -4.73. The molecule has 1 fully saturated rings. The molecule has 33 heavy (non-hydrogen) atoms. The number of carboxylic acid groups (broad SMARTS) is 1. The number of nitrogens with one attached hydrogen (secondary N) is 1. The Morgan fingerprint density at radius 3 is 2.39 bits per heavy atom. The fraction of sp³-hybridized carbons (Fsp3) is 0.391. The van der Waals surface area contributed by atoms with Gasteiger partial charge in [-0.2, -0.15) is 13.2 Å². The molecule has 1 saturated carbocycles. The van der Waals surface area contributed by atoms with Crippen molar-refractivity contribution < 1.29 is 42.1 Å². The van der Waals surface area contributed by atoms with E-state index in [0.717, 1.165) is 5.56 Å². The van der Waals surface area contributed by atoms with Gasteiger partial charge in [-0.15, -0.1) is 0 Å². The minimum absolute atomic E-state index is 0.0811. The van der Waals surface area contributed by atoms with Crippen molar-refractivity contribution in [1.82, 2.24) is 5.32 Å². The number of aliphatic carboxylic acids is 1. The lowest BCUT2D eigenvalue weighted by molar-refractivity contribution is -0.209. The number of benzene rings is 2. The van der Waals surface area contributed by atoms with E-state index in [2.05, 4.69) is 5.32 Å². The number of ether oxygens (including phenoxy) is 3. The van der Waals surface area contributed by atoms with Crippen molar-refractivity contribution in [3.63, 3.8) is 0 Å². The molecule has 0 saturated heterocycles. The molecule has 0 bridgehead atoms. The summed E-state index contributed by atoms with van der Waals surface area (Å²) in [5.74, 6) is -3.99. The van der Waals surface area contributed by atoms with Crippen LogP contribution >= 0.6 is 0 Å². The highest BCUT2D eigenvalue weighted by molar-refractivity contribution is 5.99. The van der Waals surface area contributed by atoms with Crippen LogP contribution in [0.4, 0.5) is 13.2 Å². The first-order valence-electron chi connectivity index (χ1n) is 10.2. The summed E-state index contributed by atoms with van der Waals surface area (Å²) >= 11 is 0. The molecular formula is C23H22F3NO6. The van der Waals surface area contributed by atoms with Crippen molar-refractivity contribution in [3.8, 4) is 28.4 Å². The summed E-state index contributed by atoms with van der Waals surface area (Å²) in [4.78, 5) is 23.3. The number of carbonyl (C=O) groups is 2. The van der Waals surface area contributed by atoms with Gasteiger partial charge in [0.1, 0.15) is 0 Å². The average Bonchev–Trinajstić information content (AvgIpc) is 3.43. The van der Waals surface area contributed by atoms with Gasteiger partial charge in [0.05, 0.1) is 20.8 Å². The second kappa shape index (κ2) is 8.17. The number of alkyl halides is 3. The summed E-state index contributed by atoms with van der Waals surface area (Å²) in [7, 11) is 2.79. The first-order valence-corrected chi connectivity index (χ1v) is 10.2. The molecule has 4 rings (SSSR count). The largest absolute Gasteiger partial charge is 0.493 e. The van der Waals surface area contributed by atoms with Crippen LogP contribution in [0.2, 0.25) is 0 Å². The van der Waals surface area contributed by atoms with Gasteiger partial charge < -0.3 is 24.6 Å². The van der Waals surface area contributed by atoms with Gasteiger partial charge in [0.25, 0.3) is 5.91 Å². The molecule has 0 spiro atoms. The van der Waals surface area contributed by atoms with Gasteiger partial charge in [-0.3, -0.25) is 9.59 Å². The molecule has 2 aromatic carbocycles. The van der Waals surface area contributed by atoms with Crippen LogP contribution in [0.25, 0.3) is 11.1 Å². The highest BCUT2D eigenvalue weighted by atomic mass is 19.4. The third-order valence-corrected chi connectivity index (χ3v) is 6.18. The van der Waals surface area contributed by atoms with E-state index in [1.54, 1.807) is 30.3 Å². The Kier molecular flexibility index (Phi) is 5.63. The predicted octanol–water partition coefficient (Wildman–Crippen LogP) is 4.04. The van der Waals surface area contributed by atoms with Crippen LogP contribution < -0.4 is 19.5 Å². The normalized spacial score (nSPS) is 17.1. The summed E-state index contributed by atoms with van der Waals surface area (Å²) in [5.41, 5.74) is 0.957. The van der Waals surface area contributed by atoms with Crippen LogP contribution in [-0.4, -0.2) is 44.0 Å². The van der Waals surface area contributed by atoms with Crippen molar-refractivity contribution >= 4 is 11.9 Å². The Labute approximate surface area is 187 Å². The number of carboxylic acids is 1. The average molecular weight is 465 g/mol. The standard InChI is InChI=1S/C23H22F3NO6/c1-31-16-6-5-14(12-3-4-15-13(9-12)10-27-20(15)28)17(18(16)32-2)33-11-22(7-8-22)19(21(29)30)23(24,25)26/h3-6,9,19H,7-8,10-11H2,1-2H3,(H,27,28)(H,29,30). The minimum Gasteiger partial charge on any atom is -0.493 e. The molecule has 0 aromatic heterocycles. The Morgan fingerprint density at radius 1 is 1.12 bits per heavy atom. The quantitative estimate of drug-likeness (QED) is 0.611. The number of methoxy groups -OCH3 is 2. The summed E-state index contributed by atoms with van der Waals surface area (Å²) in [5, 5.41) is 12.0. The van der Waals surface area contributed by atoms with Crippen molar-refractivity contribution in [2.75, 3.05) is 20.8 Å². The molecule has 2 aromatic rings. The molecule has 7 nitrogen and oxygen atoms in total. The van der Waals surface area contributed by atoms with E-state index in [1.807, 2.05) is 0 Å². The van der Waals surface area contributed by atoms with Gasteiger partial charge in [0, 0.05) is 23.1 Å². The van der Waals surface area contributed by atoms with Crippen molar-refractivity contribution in [3.05, 3.63) is 41.5 Å². The minimum atomic E-state index is -4.90. The van der Waals surface area contributed by atoms with Crippen LogP contribution in [0.5, 0.6) is 17.2 Å². The third kappa shape index (κ3) is 4.05. The number of halogens is 3. The van der Waals surface area contributed by atoms with Gasteiger partial charge in [-0.1, -0.05) is 6.07 Å². The van der Waals surface area contributed by atoms with Crippen molar-refractivity contribution in [2.24, 2.45) is 11.3 Å². The Hall–Kier alpha value is -3.43. The van der Waals surface area contributed by atoms with Crippen LogP contribution in [-0.2, 0) is 11.3 Å². The van der Waals surface area contributed by atoms with Crippen LogP contribution in [0.15, 0.2) is 30.3 Å². The van der Waals surface area contributed by atoms with E-state index in [9.17, 15) is 27.9 Å². The van der Waals surface area contributed by atoms with E-state index < -0.39 is 30.1 Å². The SMILES string of the molecule is COc1ccc(-c2ccc3c(c2)CNC3=O)c(OCC2(C(C(=O)O)C(F)(F)F)CC2)c1OC. The second-order valence-electron chi connectivity index (χ2n) is 8.20. The van der Waals surface area contributed by atoms with Crippen LogP contribution in [0.1, 0.15) is 28.8 Å². The van der Waals surface area contributed by atoms with Gasteiger partial charge in [-0.05, 0) is 48.2 Å². The Bertz CT molecular complexity index is 1110. The molecule has 10 heteroatoms. The van der Waals surface area contributed by atoms with Crippen molar-refractivity contribution in [2.45, 2.75) is 25.6 Å². The maximum atomic E-state index is 13.5. The van der Waals surface area contributed by atoms with Crippen molar-refractivity contribution in [1.29, 1.82) is 0 Å². The summed E-state index contributed by atoms with van der Waals surface area (Å²) in [6.45, 7) is -0.0918. The molecule has 1 aliphatic carbocycles. The zero-order valence-corrected chi connectivity index (χ0v) is 17.9. The predicted molar refractivity (Wildman–Crippen MR) is 110 cm³/mol. The number of fused-ring (bicyclic) bond motifs is 1. The van der Waals surface area contributed by atoms with Gasteiger partial charge in [0.2, 0.25) is 5.75 Å². The smallest absolute Gasteiger partial charge is 0.402 e. The molecule has 1 atom stereocenters. The lowest BCUT2D eigenvalue weighted by Crippen LogP contribution is -2.41. The van der Waals surface area contributed by atoms with Gasteiger partial charge >= 0.3 is 12.1 Å². The lowest BCUT2D eigenvalue weighted by atomic mass is 9.89. The molecule has 0 radical (unpaired) electrons. The third-order valence-electron chi connectivity index (χ3n) is 6.18. The zero-order valence-electron chi connectivity index (χ0n) is 17.9. The fourth-order valence-corrected chi connectivity index (χ4v) is 4.31. The fourth-order valence-electron chi connectivity index (χ4n) is 4.31. The highest BCUT2D eigenvalue weighted by Crippen LogP contribution is 2.58. The maximum Gasteiger partial charge on any atom is 0.402 e. The molecule has 1 aliphatic heterocycles. The van der Waals surface area contributed by atoms with Crippen LogP contribution in [0, 0.1) is 11.3 Å². The molecule has 2 aliphatic rings. The molecule has 2 N–H and O–H groups in total. The monoisotopic (exact) mass is 465 g/mol. The number of carbonyl (C=O) groups excluding carboxylic acids is 1. The maximum absolute atomic E-state index is 13.5. The first kappa shape index (κ1) is 22.8. The second-order valence-corrected chi connectivity index (χ2v) is 8.20. The molecule has 176 valence electrons. The van der Waals surface area contributed by atoms with E-state index >= 15 is 0 Å². The molecule has 1 heterocycles. The van der Waals surface area contributed by atoms with Gasteiger partial charge in [0.15, 0.2) is 17.4 Å². The topological polar surface area (TPSA) is 94.1 Å². The number of hydrogen-bond acceptors (Lipinski definition) is 5. The van der Waals surface area contributed by atoms with E-state index in [4.69, 9.17) is 14.2 Å². The lowest BCUT2D eigenvalue weighted by Gasteiger charge is -2.27. The molecule has 1 amide bonds. The van der Waals surface area contributed by atoms with E-state index in [1.165, 1.54) is 14.2 Å². The summed E-state index contributed by atoms with van der Waals surface area (Å²) < 4.78 is 57.1.